The topological polar surface area (TPSA) is 38.0 Å². The quantitative estimate of drug-likeness (QED) is 0.868. The van der Waals surface area contributed by atoms with Crippen molar-refractivity contribution in [3.8, 4) is 0 Å². The van der Waals surface area contributed by atoms with Crippen molar-refractivity contribution >= 4 is 27.5 Å². The van der Waals surface area contributed by atoms with Gasteiger partial charge in [0.15, 0.2) is 6.10 Å². The van der Waals surface area contributed by atoms with Gasteiger partial charge < -0.3 is 5.11 Å². The van der Waals surface area contributed by atoms with Gasteiger partial charge in [0.1, 0.15) is 0 Å². The lowest BCUT2D eigenvalue weighted by Gasteiger charge is -2.17. The minimum atomic E-state index is -3.70. The van der Waals surface area contributed by atoms with E-state index in [0.29, 0.717) is 11.0 Å². The normalized spacial score (nSPS) is 14.4. The standard InChI is InChI=1S/C7H8BrClF2N2O/c1-2-13-5(4(8)3-12-13)6(14)7(9,10)11/h3,6,14H,2H2,1H3. The number of aryl methyl sites for hydroxylation is 1. The molecule has 0 radical (unpaired) electrons. The molecule has 0 aromatic carbocycles. The molecule has 0 fully saturated rings. The van der Waals surface area contributed by atoms with Gasteiger partial charge >= 0.3 is 5.38 Å². The van der Waals surface area contributed by atoms with Crippen LogP contribution in [-0.2, 0) is 6.54 Å². The molecule has 0 aliphatic carbocycles. The van der Waals surface area contributed by atoms with Crippen molar-refractivity contribution in [2.45, 2.75) is 25.0 Å². The molecule has 0 amide bonds. The summed E-state index contributed by atoms with van der Waals surface area (Å²) in [4.78, 5) is 0. The molecule has 0 bridgehead atoms. The highest BCUT2D eigenvalue weighted by Gasteiger charge is 2.40. The molecular weight excluding hydrogens is 281 g/mol. The number of aliphatic hydroxyl groups is 1. The van der Waals surface area contributed by atoms with Crippen LogP contribution in [0.25, 0.3) is 0 Å². The fourth-order valence-corrected chi connectivity index (χ4v) is 1.67. The molecule has 1 atom stereocenters. The van der Waals surface area contributed by atoms with E-state index in [1.54, 1.807) is 6.92 Å². The van der Waals surface area contributed by atoms with Gasteiger partial charge in [0.05, 0.1) is 16.4 Å². The van der Waals surface area contributed by atoms with Crippen LogP contribution in [0.1, 0.15) is 18.7 Å². The number of alkyl halides is 3. The van der Waals surface area contributed by atoms with Gasteiger partial charge in [-0.25, -0.2) is 0 Å². The first-order valence-corrected chi connectivity index (χ1v) is 5.01. The van der Waals surface area contributed by atoms with E-state index in [1.807, 2.05) is 0 Å². The van der Waals surface area contributed by atoms with E-state index >= 15 is 0 Å². The monoisotopic (exact) mass is 288 g/mol. The third-order valence-corrected chi connectivity index (χ3v) is 2.52. The minimum Gasteiger partial charge on any atom is -0.379 e. The van der Waals surface area contributed by atoms with E-state index in [9.17, 15) is 13.9 Å². The third-order valence-electron chi connectivity index (χ3n) is 1.70. The fraction of sp³-hybridized carbons (Fsp3) is 0.571. The van der Waals surface area contributed by atoms with Crippen LogP contribution in [0.15, 0.2) is 10.7 Å². The van der Waals surface area contributed by atoms with Crippen LogP contribution in [0.3, 0.4) is 0 Å². The van der Waals surface area contributed by atoms with Gasteiger partial charge in [0.25, 0.3) is 0 Å². The number of rotatable bonds is 3. The van der Waals surface area contributed by atoms with Crippen LogP contribution < -0.4 is 0 Å². The van der Waals surface area contributed by atoms with Crippen molar-refractivity contribution in [3.05, 3.63) is 16.4 Å². The summed E-state index contributed by atoms with van der Waals surface area (Å²) in [5.41, 5.74) is -0.0208. The highest BCUT2D eigenvalue weighted by Crippen LogP contribution is 2.37. The van der Waals surface area contributed by atoms with Crippen molar-refractivity contribution in [3.63, 3.8) is 0 Å². The molecule has 1 aromatic rings. The molecule has 3 nitrogen and oxygen atoms in total. The smallest absolute Gasteiger partial charge is 0.352 e. The molecule has 0 aliphatic heterocycles. The third kappa shape index (κ3) is 2.24. The maximum absolute atomic E-state index is 12.6. The Hall–Kier alpha value is -0.200. The Morgan fingerprint density at radius 3 is 2.79 bits per heavy atom. The van der Waals surface area contributed by atoms with Gasteiger partial charge in [0, 0.05) is 6.54 Å². The molecule has 7 heteroatoms. The summed E-state index contributed by atoms with van der Waals surface area (Å²) < 4.78 is 26.8. The van der Waals surface area contributed by atoms with Gasteiger partial charge in [0.2, 0.25) is 0 Å². The maximum Gasteiger partial charge on any atom is 0.352 e. The zero-order valence-corrected chi connectivity index (χ0v) is 9.56. The second-order valence-electron chi connectivity index (χ2n) is 2.64. The summed E-state index contributed by atoms with van der Waals surface area (Å²) in [6.45, 7) is 2.10. The van der Waals surface area contributed by atoms with E-state index in [-0.39, 0.29) is 5.69 Å². The van der Waals surface area contributed by atoms with Crippen LogP contribution in [-0.4, -0.2) is 20.3 Å². The van der Waals surface area contributed by atoms with Gasteiger partial charge in [-0.15, -0.1) is 0 Å². The van der Waals surface area contributed by atoms with E-state index < -0.39 is 11.5 Å². The summed E-state index contributed by atoms with van der Waals surface area (Å²) in [6, 6.07) is 0. The Bertz CT molecular complexity index is 326. The number of aromatic nitrogens is 2. The van der Waals surface area contributed by atoms with Gasteiger partial charge in [-0.3, -0.25) is 4.68 Å². The fourth-order valence-electron chi connectivity index (χ4n) is 1.05. The van der Waals surface area contributed by atoms with Crippen molar-refractivity contribution in [2.24, 2.45) is 0 Å². The summed E-state index contributed by atoms with van der Waals surface area (Å²) >= 11 is 7.75. The van der Waals surface area contributed by atoms with E-state index in [2.05, 4.69) is 21.0 Å². The second-order valence-corrected chi connectivity index (χ2v) is 4.00. The molecule has 1 aromatic heterocycles. The molecule has 80 valence electrons. The predicted octanol–water partition coefficient (Wildman–Crippen LogP) is 2.53. The Morgan fingerprint density at radius 2 is 2.36 bits per heavy atom. The van der Waals surface area contributed by atoms with E-state index in [1.165, 1.54) is 10.9 Å². The summed E-state index contributed by atoms with van der Waals surface area (Å²) in [5.74, 6) is 0. The largest absolute Gasteiger partial charge is 0.379 e. The second kappa shape index (κ2) is 4.12. The first kappa shape index (κ1) is 11.9. The highest BCUT2D eigenvalue weighted by atomic mass is 79.9. The lowest BCUT2D eigenvalue weighted by molar-refractivity contribution is -0.0471. The first-order chi connectivity index (χ1) is 6.38. The van der Waals surface area contributed by atoms with Crippen molar-refractivity contribution in [1.82, 2.24) is 9.78 Å². The van der Waals surface area contributed by atoms with Crippen LogP contribution >= 0.6 is 27.5 Å². The van der Waals surface area contributed by atoms with Crippen LogP contribution in [0, 0.1) is 0 Å². The van der Waals surface area contributed by atoms with E-state index in [4.69, 9.17) is 11.6 Å². The molecule has 14 heavy (non-hydrogen) atoms. The van der Waals surface area contributed by atoms with E-state index in [0.717, 1.165) is 0 Å². The van der Waals surface area contributed by atoms with Crippen LogP contribution in [0.5, 0.6) is 0 Å². The number of nitrogens with zero attached hydrogens (tertiary/aromatic N) is 2. The highest BCUT2D eigenvalue weighted by molar-refractivity contribution is 9.10. The molecule has 0 saturated carbocycles. The lowest BCUT2D eigenvalue weighted by atomic mass is 10.2. The average Bonchev–Trinajstić information content (AvgIpc) is 2.43. The van der Waals surface area contributed by atoms with Gasteiger partial charge in [-0.1, -0.05) is 0 Å². The zero-order valence-electron chi connectivity index (χ0n) is 7.22. The van der Waals surface area contributed by atoms with Crippen molar-refractivity contribution in [1.29, 1.82) is 0 Å². The van der Waals surface area contributed by atoms with Crippen molar-refractivity contribution < 1.29 is 13.9 Å². The molecule has 1 unspecified atom stereocenters. The van der Waals surface area contributed by atoms with Gasteiger partial charge in [-0.05, 0) is 34.5 Å². The number of hydrogen-bond donors (Lipinski definition) is 1. The van der Waals surface area contributed by atoms with Crippen molar-refractivity contribution in [2.75, 3.05) is 0 Å². The molecule has 1 heterocycles. The number of aliphatic hydroxyl groups excluding tert-OH is 1. The minimum absolute atomic E-state index is 0.0208. The molecule has 1 rings (SSSR count). The summed E-state index contributed by atoms with van der Waals surface area (Å²) in [7, 11) is 0. The molecular formula is C7H8BrClF2N2O. The Kier molecular flexibility index (Phi) is 3.49. The summed E-state index contributed by atoms with van der Waals surface area (Å²) in [6.07, 6.45) is -0.731. The Labute approximate surface area is 92.8 Å². The van der Waals surface area contributed by atoms with Gasteiger partial charge in [-0.2, -0.15) is 13.9 Å². The SMILES string of the molecule is CCn1ncc(Br)c1C(O)C(F)(F)Cl. The first-order valence-electron chi connectivity index (χ1n) is 3.84. The molecule has 0 aliphatic rings. The predicted molar refractivity (Wildman–Crippen MR) is 51.4 cm³/mol. The van der Waals surface area contributed by atoms with Crippen LogP contribution in [0.2, 0.25) is 0 Å². The number of halogens is 4. The average molecular weight is 290 g/mol. The summed E-state index contributed by atoms with van der Waals surface area (Å²) in [5, 5.41) is 9.35. The molecule has 1 N–H and O–H groups in total. The Morgan fingerprint density at radius 1 is 1.79 bits per heavy atom. The zero-order chi connectivity index (χ0) is 10.9. The maximum atomic E-state index is 12.6. The Balaban J connectivity index is 3.11. The molecule has 0 saturated heterocycles. The lowest BCUT2D eigenvalue weighted by Crippen LogP contribution is -2.22. The number of hydrogen-bond acceptors (Lipinski definition) is 2. The molecule has 0 spiro atoms. The van der Waals surface area contributed by atoms with Crippen LogP contribution in [0.4, 0.5) is 8.78 Å².